The van der Waals surface area contributed by atoms with Gasteiger partial charge in [-0.25, -0.2) is 14.8 Å². The van der Waals surface area contributed by atoms with Gasteiger partial charge >= 0.3 is 6.09 Å². The Labute approximate surface area is 282 Å². The number of nitriles is 1. The molecule has 0 spiro atoms. The lowest BCUT2D eigenvalue weighted by atomic mass is 9.96. The Hall–Kier alpha value is -3.62. The van der Waals surface area contributed by atoms with Crippen molar-refractivity contribution in [2.24, 2.45) is 17.8 Å². The lowest BCUT2D eigenvalue weighted by Gasteiger charge is -2.39. The van der Waals surface area contributed by atoms with Gasteiger partial charge in [0.05, 0.1) is 29.1 Å². The Morgan fingerprint density at radius 3 is 2.30 bits per heavy atom. The van der Waals surface area contributed by atoms with Gasteiger partial charge in [0.2, 0.25) is 0 Å². The second-order valence-electron chi connectivity index (χ2n) is 14.6. The predicted octanol–water partition coefficient (Wildman–Crippen LogP) is 5.14. The number of hydrogen-bond donors (Lipinski definition) is 1. The predicted molar refractivity (Wildman–Crippen MR) is 179 cm³/mol. The van der Waals surface area contributed by atoms with Gasteiger partial charge in [0.1, 0.15) is 28.9 Å². The molecule has 2 amide bonds. The number of carbonyl (C=O) groups is 2. The maximum Gasteiger partial charge on any atom is 0.410 e. The summed E-state index contributed by atoms with van der Waals surface area (Å²) in [6.07, 6.45) is 9.15. The molecule has 3 heterocycles. The molecule has 4 aliphatic rings. The SMILES string of the molecule is CC(C)(C)OC(=O)N1CCN(CC2CCN(c3cnc(C(=O)N[C@@H]4C[C@@H]5C[C@H](Oc6ccc(C#N)c(Cl)c6)C[C@@H]5C4)cn3)CC2)CC1. The lowest BCUT2D eigenvalue weighted by molar-refractivity contribution is 0.0130. The van der Waals surface area contributed by atoms with Crippen molar-refractivity contribution < 1.29 is 19.1 Å². The van der Waals surface area contributed by atoms with E-state index in [1.807, 2.05) is 25.7 Å². The molecule has 4 fully saturated rings. The molecule has 2 saturated carbocycles. The molecule has 11 nitrogen and oxygen atoms in total. The highest BCUT2D eigenvalue weighted by molar-refractivity contribution is 6.31. The van der Waals surface area contributed by atoms with E-state index in [1.165, 1.54) is 0 Å². The summed E-state index contributed by atoms with van der Waals surface area (Å²) >= 11 is 6.17. The Morgan fingerprint density at radius 2 is 1.70 bits per heavy atom. The number of anilines is 1. The number of nitrogens with one attached hydrogen (secondary N) is 1. The Bertz CT molecular complexity index is 1450. The summed E-state index contributed by atoms with van der Waals surface area (Å²) in [6, 6.07) is 7.41. The maximum atomic E-state index is 13.0. The Kier molecular flexibility index (Phi) is 10.1. The number of fused-ring (bicyclic) bond motifs is 1. The van der Waals surface area contributed by atoms with E-state index >= 15 is 0 Å². The highest BCUT2D eigenvalue weighted by Gasteiger charge is 2.43. The minimum absolute atomic E-state index is 0.121. The molecule has 252 valence electrons. The second kappa shape index (κ2) is 14.2. The van der Waals surface area contributed by atoms with E-state index in [2.05, 4.69) is 31.2 Å². The van der Waals surface area contributed by atoms with E-state index < -0.39 is 5.60 Å². The number of rotatable bonds is 7. The van der Waals surface area contributed by atoms with Crippen LogP contribution >= 0.6 is 11.6 Å². The van der Waals surface area contributed by atoms with Gasteiger partial charge in [0.15, 0.2) is 0 Å². The molecule has 1 N–H and O–H groups in total. The molecule has 6 rings (SSSR count). The van der Waals surface area contributed by atoms with E-state index in [4.69, 9.17) is 26.3 Å². The minimum Gasteiger partial charge on any atom is -0.490 e. The van der Waals surface area contributed by atoms with Crippen LogP contribution in [-0.2, 0) is 4.74 Å². The summed E-state index contributed by atoms with van der Waals surface area (Å²) in [7, 11) is 0. The normalized spacial score (nSPS) is 25.3. The number of benzene rings is 1. The lowest BCUT2D eigenvalue weighted by Crippen LogP contribution is -2.51. The molecule has 2 saturated heterocycles. The summed E-state index contributed by atoms with van der Waals surface area (Å²) in [4.78, 5) is 41.0. The minimum atomic E-state index is -0.469. The smallest absolute Gasteiger partial charge is 0.410 e. The van der Waals surface area contributed by atoms with Crippen LogP contribution in [0.2, 0.25) is 5.02 Å². The first-order valence-corrected chi connectivity index (χ1v) is 17.3. The molecule has 2 aliphatic carbocycles. The van der Waals surface area contributed by atoms with E-state index in [0.717, 1.165) is 77.1 Å². The molecular formula is C35H46ClN7O4. The quantitative estimate of drug-likeness (QED) is 0.429. The van der Waals surface area contributed by atoms with Crippen molar-refractivity contribution in [3.05, 3.63) is 46.9 Å². The van der Waals surface area contributed by atoms with E-state index in [1.54, 1.807) is 30.6 Å². The van der Waals surface area contributed by atoms with Crippen LogP contribution in [0.25, 0.3) is 0 Å². The number of piperazine rings is 1. The molecule has 4 atom stereocenters. The first-order chi connectivity index (χ1) is 22.5. The fraction of sp³-hybridized carbons (Fsp3) is 0.629. The van der Waals surface area contributed by atoms with Crippen LogP contribution in [0.5, 0.6) is 5.75 Å². The monoisotopic (exact) mass is 663 g/mol. The Balaban J connectivity index is 0.895. The van der Waals surface area contributed by atoms with Crippen molar-refractivity contribution in [3.8, 4) is 11.8 Å². The van der Waals surface area contributed by atoms with Crippen molar-refractivity contribution >= 4 is 29.4 Å². The average Bonchev–Trinajstić information content (AvgIpc) is 3.59. The van der Waals surface area contributed by atoms with Crippen molar-refractivity contribution in [1.82, 2.24) is 25.1 Å². The summed E-state index contributed by atoms with van der Waals surface area (Å²) in [5.41, 5.74) is 0.328. The van der Waals surface area contributed by atoms with Crippen LogP contribution in [-0.4, -0.2) is 95.3 Å². The fourth-order valence-electron chi connectivity index (χ4n) is 7.64. The van der Waals surface area contributed by atoms with Crippen molar-refractivity contribution in [3.63, 3.8) is 0 Å². The summed E-state index contributed by atoms with van der Waals surface area (Å²) in [5.74, 6) is 2.98. The van der Waals surface area contributed by atoms with Crippen molar-refractivity contribution in [2.45, 2.75) is 77.0 Å². The van der Waals surface area contributed by atoms with Crippen LogP contribution in [0.4, 0.5) is 10.6 Å². The molecule has 1 aromatic heterocycles. The highest BCUT2D eigenvalue weighted by atomic mass is 35.5. The number of aromatic nitrogens is 2. The Morgan fingerprint density at radius 1 is 1.00 bits per heavy atom. The number of halogens is 1. The number of carbonyl (C=O) groups excluding carboxylic acids is 2. The molecule has 0 unspecified atom stereocenters. The fourth-order valence-corrected chi connectivity index (χ4v) is 7.85. The standard InChI is InChI=1S/C35H46ClN7O4/c1-35(2,3)47-34(45)43-12-10-41(11-13-43)22-23-6-8-42(9-7-23)32-21-38-31(20-39-32)33(44)40-27-14-25-16-29(17-26(25)15-27)46-28-5-4-24(19-37)30(36)18-28/h4-5,18,20-21,23,25-27,29H,6-17,22H2,1-3H3,(H,40,44)/t25-,26+,27-,29+. The van der Waals surface area contributed by atoms with Gasteiger partial charge < -0.3 is 24.6 Å². The number of piperidine rings is 1. The van der Waals surface area contributed by atoms with Gasteiger partial charge in [0, 0.05) is 57.9 Å². The first kappa shape index (κ1) is 33.3. The van der Waals surface area contributed by atoms with Crippen LogP contribution in [0, 0.1) is 29.1 Å². The molecule has 47 heavy (non-hydrogen) atoms. The van der Waals surface area contributed by atoms with Gasteiger partial charge in [-0.15, -0.1) is 0 Å². The van der Waals surface area contributed by atoms with Gasteiger partial charge in [-0.05, 0) is 89.2 Å². The van der Waals surface area contributed by atoms with Gasteiger partial charge in [0.25, 0.3) is 5.91 Å². The summed E-state index contributed by atoms with van der Waals surface area (Å²) in [6.45, 7) is 11.7. The van der Waals surface area contributed by atoms with Gasteiger partial charge in [-0.3, -0.25) is 9.69 Å². The first-order valence-electron chi connectivity index (χ1n) is 17.0. The molecule has 12 heteroatoms. The molecule has 1 aromatic carbocycles. The number of amides is 2. The molecular weight excluding hydrogens is 618 g/mol. The van der Waals surface area contributed by atoms with Crippen molar-refractivity contribution in [2.75, 3.05) is 50.7 Å². The molecule has 0 bridgehead atoms. The third kappa shape index (κ3) is 8.46. The maximum absolute atomic E-state index is 13.0. The number of ether oxygens (including phenoxy) is 2. The highest BCUT2D eigenvalue weighted by Crippen LogP contribution is 2.45. The van der Waals surface area contributed by atoms with Crippen LogP contribution < -0.4 is 15.0 Å². The zero-order valence-electron chi connectivity index (χ0n) is 27.7. The average molecular weight is 664 g/mol. The topological polar surface area (TPSA) is 124 Å². The van der Waals surface area contributed by atoms with Crippen LogP contribution in [0.15, 0.2) is 30.6 Å². The molecule has 2 aromatic rings. The largest absolute Gasteiger partial charge is 0.490 e. The zero-order valence-corrected chi connectivity index (χ0v) is 28.4. The van der Waals surface area contributed by atoms with E-state index in [9.17, 15) is 9.59 Å². The van der Waals surface area contributed by atoms with Crippen LogP contribution in [0.1, 0.15) is 75.3 Å². The zero-order chi connectivity index (χ0) is 33.1. The van der Waals surface area contributed by atoms with Crippen LogP contribution in [0.3, 0.4) is 0 Å². The van der Waals surface area contributed by atoms with Gasteiger partial charge in [-0.2, -0.15) is 5.26 Å². The third-order valence-electron chi connectivity index (χ3n) is 10.0. The number of nitrogens with zero attached hydrogens (tertiary/aromatic N) is 6. The van der Waals surface area contributed by atoms with Crippen molar-refractivity contribution in [1.29, 1.82) is 5.26 Å². The van der Waals surface area contributed by atoms with Gasteiger partial charge in [-0.1, -0.05) is 11.6 Å². The summed E-state index contributed by atoms with van der Waals surface area (Å²) in [5, 5.41) is 12.7. The van der Waals surface area contributed by atoms with E-state index in [0.29, 0.717) is 52.9 Å². The third-order valence-corrected chi connectivity index (χ3v) is 10.3. The van der Waals surface area contributed by atoms with E-state index in [-0.39, 0.29) is 24.1 Å². The molecule has 2 aliphatic heterocycles. The number of hydrogen-bond acceptors (Lipinski definition) is 9. The molecule has 0 radical (unpaired) electrons. The summed E-state index contributed by atoms with van der Waals surface area (Å²) < 4.78 is 11.7. The second-order valence-corrected chi connectivity index (χ2v) is 15.0.